The normalized spacial score (nSPS) is 10.7. The number of hydrogen-bond acceptors (Lipinski definition) is 3. The second-order valence-corrected chi connectivity index (χ2v) is 4.94. The highest BCUT2D eigenvalue weighted by atomic mass is 16.5. The number of benzene rings is 1. The van der Waals surface area contributed by atoms with Gasteiger partial charge in [-0.2, -0.15) is 0 Å². The zero-order valence-corrected chi connectivity index (χ0v) is 11.5. The summed E-state index contributed by atoms with van der Waals surface area (Å²) in [6.45, 7) is 6.69. The minimum atomic E-state index is 0.325. The maximum atomic E-state index is 10.5. The molecular formula is C16H18O3. The van der Waals surface area contributed by atoms with Crippen molar-refractivity contribution in [1.82, 2.24) is 0 Å². The molecule has 2 rings (SSSR count). The summed E-state index contributed by atoms with van der Waals surface area (Å²) in [7, 11) is 0. The number of hydrogen-bond donors (Lipinski definition) is 0. The SMILES string of the molecule is Cc1cc(OCc2ccc(C=O)o2)cc(C(C)C)c1. The van der Waals surface area contributed by atoms with Crippen molar-refractivity contribution >= 4 is 6.29 Å². The topological polar surface area (TPSA) is 39.4 Å². The minimum Gasteiger partial charge on any atom is -0.486 e. The molecule has 0 saturated carbocycles. The molecule has 1 aromatic heterocycles. The molecule has 19 heavy (non-hydrogen) atoms. The van der Waals surface area contributed by atoms with E-state index >= 15 is 0 Å². The lowest BCUT2D eigenvalue weighted by Crippen LogP contribution is -1.96. The summed E-state index contributed by atoms with van der Waals surface area (Å²) in [4.78, 5) is 10.5. The van der Waals surface area contributed by atoms with Gasteiger partial charge in [0.2, 0.25) is 0 Å². The van der Waals surface area contributed by atoms with Crippen molar-refractivity contribution in [1.29, 1.82) is 0 Å². The highest BCUT2D eigenvalue weighted by molar-refractivity contribution is 5.70. The minimum absolute atomic E-state index is 0.325. The molecule has 2 aromatic rings. The number of carbonyl (C=O) groups is 1. The average Bonchev–Trinajstić information content (AvgIpc) is 2.83. The zero-order valence-electron chi connectivity index (χ0n) is 11.5. The zero-order chi connectivity index (χ0) is 13.8. The monoisotopic (exact) mass is 258 g/mol. The molecule has 100 valence electrons. The van der Waals surface area contributed by atoms with E-state index in [0.717, 1.165) is 5.75 Å². The number of furan rings is 1. The third kappa shape index (κ3) is 3.47. The predicted octanol–water partition coefficient (Wildman–Crippen LogP) is 4.10. The maximum absolute atomic E-state index is 10.5. The third-order valence-corrected chi connectivity index (χ3v) is 2.92. The molecule has 0 aliphatic rings. The van der Waals surface area contributed by atoms with Crippen molar-refractivity contribution in [2.24, 2.45) is 0 Å². The van der Waals surface area contributed by atoms with Crippen LogP contribution in [0.4, 0.5) is 0 Å². The summed E-state index contributed by atoms with van der Waals surface area (Å²) in [5, 5.41) is 0. The van der Waals surface area contributed by atoms with Crippen LogP contribution >= 0.6 is 0 Å². The fourth-order valence-corrected chi connectivity index (χ4v) is 1.88. The van der Waals surface area contributed by atoms with Gasteiger partial charge in [-0.15, -0.1) is 0 Å². The van der Waals surface area contributed by atoms with Gasteiger partial charge in [-0.25, -0.2) is 0 Å². The first kappa shape index (κ1) is 13.4. The second kappa shape index (κ2) is 5.74. The van der Waals surface area contributed by atoms with Gasteiger partial charge in [0.1, 0.15) is 18.1 Å². The number of aldehydes is 1. The Balaban J connectivity index is 2.08. The number of rotatable bonds is 5. The van der Waals surface area contributed by atoms with Gasteiger partial charge in [-0.1, -0.05) is 19.9 Å². The van der Waals surface area contributed by atoms with Crippen LogP contribution in [0, 0.1) is 6.92 Å². The van der Waals surface area contributed by atoms with Crippen molar-refractivity contribution < 1.29 is 13.9 Å². The largest absolute Gasteiger partial charge is 0.486 e. The molecule has 0 amide bonds. The van der Waals surface area contributed by atoms with Crippen LogP contribution in [0.25, 0.3) is 0 Å². The highest BCUT2D eigenvalue weighted by Gasteiger charge is 2.05. The van der Waals surface area contributed by atoms with E-state index in [-0.39, 0.29) is 0 Å². The first-order valence-corrected chi connectivity index (χ1v) is 6.37. The molecule has 0 radical (unpaired) electrons. The molecule has 3 heteroatoms. The fourth-order valence-electron chi connectivity index (χ4n) is 1.88. The lowest BCUT2D eigenvalue weighted by molar-refractivity contribution is 0.109. The first-order chi connectivity index (χ1) is 9.08. The van der Waals surface area contributed by atoms with E-state index in [1.165, 1.54) is 11.1 Å². The Hall–Kier alpha value is -2.03. The summed E-state index contributed by atoms with van der Waals surface area (Å²) < 4.78 is 11.0. The molecule has 0 spiro atoms. The van der Waals surface area contributed by atoms with Crippen LogP contribution in [0.2, 0.25) is 0 Å². The Bertz CT molecular complexity index is 567. The summed E-state index contributed by atoms with van der Waals surface area (Å²) in [6, 6.07) is 9.59. The van der Waals surface area contributed by atoms with Gasteiger partial charge in [0, 0.05) is 0 Å². The van der Waals surface area contributed by atoms with E-state index in [9.17, 15) is 4.79 Å². The van der Waals surface area contributed by atoms with Gasteiger partial charge in [0.05, 0.1) is 0 Å². The Morgan fingerprint density at radius 3 is 2.68 bits per heavy atom. The summed E-state index contributed by atoms with van der Waals surface area (Å²) in [6.07, 6.45) is 0.688. The Morgan fingerprint density at radius 1 is 1.26 bits per heavy atom. The molecule has 0 bridgehead atoms. The second-order valence-electron chi connectivity index (χ2n) is 4.94. The van der Waals surface area contributed by atoms with Gasteiger partial charge in [0.15, 0.2) is 12.0 Å². The van der Waals surface area contributed by atoms with Crippen molar-refractivity contribution in [2.45, 2.75) is 33.3 Å². The molecule has 0 fully saturated rings. The van der Waals surface area contributed by atoms with Crippen molar-refractivity contribution in [3.63, 3.8) is 0 Å². The predicted molar refractivity (Wildman–Crippen MR) is 73.7 cm³/mol. The molecule has 0 aliphatic carbocycles. The molecule has 1 heterocycles. The van der Waals surface area contributed by atoms with Crippen molar-refractivity contribution in [2.75, 3.05) is 0 Å². The number of aryl methyl sites for hydroxylation is 1. The van der Waals surface area contributed by atoms with Crippen LogP contribution in [0.3, 0.4) is 0 Å². The summed E-state index contributed by atoms with van der Waals surface area (Å²) in [5.41, 5.74) is 2.43. The quantitative estimate of drug-likeness (QED) is 0.758. The third-order valence-electron chi connectivity index (χ3n) is 2.92. The first-order valence-electron chi connectivity index (χ1n) is 6.37. The highest BCUT2D eigenvalue weighted by Crippen LogP contribution is 2.23. The lowest BCUT2D eigenvalue weighted by atomic mass is 10.0. The van der Waals surface area contributed by atoms with Crippen LogP contribution in [0.1, 0.15) is 47.2 Å². The van der Waals surface area contributed by atoms with Gasteiger partial charge in [-0.3, -0.25) is 4.79 Å². The van der Waals surface area contributed by atoms with Crippen LogP contribution in [-0.2, 0) is 6.61 Å². The molecule has 1 aromatic carbocycles. The van der Waals surface area contributed by atoms with Crippen LogP contribution in [0.15, 0.2) is 34.7 Å². The molecule has 0 N–H and O–H groups in total. The van der Waals surface area contributed by atoms with E-state index in [2.05, 4.69) is 26.8 Å². The lowest BCUT2D eigenvalue weighted by Gasteiger charge is -2.11. The number of ether oxygens (including phenoxy) is 1. The van der Waals surface area contributed by atoms with Crippen molar-refractivity contribution in [3.05, 3.63) is 53.0 Å². The molecule has 3 nitrogen and oxygen atoms in total. The van der Waals surface area contributed by atoms with Crippen LogP contribution in [0.5, 0.6) is 5.75 Å². The number of carbonyl (C=O) groups excluding carboxylic acids is 1. The maximum Gasteiger partial charge on any atom is 0.185 e. The molecule has 0 unspecified atom stereocenters. The Kier molecular flexibility index (Phi) is 4.05. The van der Waals surface area contributed by atoms with E-state index < -0.39 is 0 Å². The van der Waals surface area contributed by atoms with Gasteiger partial charge in [-0.05, 0) is 48.2 Å². The molecule has 0 aliphatic heterocycles. The van der Waals surface area contributed by atoms with E-state index in [0.29, 0.717) is 30.3 Å². The van der Waals surface area contributed by atoms with Gasteiger partial charge >= 0.3 is 0 Å². The van der Waals surface area contributed by atoms with Crippen molar-refractivity contribution in [3.8, 4) is 5.75 Å². The fraction of sp³-hybridized carbons (Fsp3) is 0.312. The van der Waals surface area contributed by atoms with Gasteiger partial charge < -0.3 is 9.15 Å². The molecular weight excluding hydrogens is 240 g/mol. The van der Waals surface area contributed by atoms with E-state index in [4.69, 9.17) is 9.15 Å². The summed E-state index contributed by atoms with van der Waals surface area (Å²) in [5.74, 6) is 2.26. The van der Waals surface area contributed by atoms with E-state index in [1.807, 2.05) is 12.1 Å². The van der Waals surface area contributed by atoms with Crippen LogP contribution < -0.4 is 4.74 Å². The summed E-state index contributed by atoms with van der Waals surface area (Å²) >= 11 is 0. The molecule has 0 atom stereocenters. The van der Waals surface area contributed by atoms with E-state index in [1.54, 1.807) is 12.1 Å². The Morgan fingerprint density at radius 2 is 2.05 bits per heavy atom. The van der Waals surface area contributed by atoms with Gasteiger partial charge in [0.25, 0.3) is 0 Å². The average molecular weight is 258 g/mol. The Labute approximate surface area is 113 Å². The molecule has 0 saturated heterocycles. The van der Waals surface area contributed by atoms with Crippen LogP contribution in [-0.4, -0.2) is 6.29 Å². The smallest absolute Gasteiger partial charge is 0.185 e. The standard InChI is InChI=1S/C16H18O3/c1-11(2)13-6-12(3)7-16(8-13)18-10-15-5-4-14(9-17)19-15/h4-9,11H,10H2,1-3H3.